The van der Waals surface area contributed by atoms with Gasteiger partial charge < -0.3 is 4.74 Å². The van der Waals surface area contributed by atoms with Crippen LogP contribution in [0, 0.1) is 5.41 Å². The van der Waals surface area contributed by atoms with Gasteiger partial charge in [0.05, 0.1) is 11.6 Å². The fourth-order valence-corrected chi connectivity index (χ4v) is 5.25. The van der Waals surface area contributed by atoms with Gasteiger partial charge >= 0.3 is 0 Å². The van der Waals surface area contributed by atoms with Crippen LogP contribution in [0.15, 0.2) is 36.4 Å². The van der Waals surface area contributed by atoms with Gasteiger partial charge in [0.1, 0.15) is 10.8 Å². The lowest BCUT2D eigenvalue weighted by Crippen LogP contribution is -2.35. The summed E-state index contributed by atoms with van der Waals surface area (Å²) < 4.78 is 8.11. The molecule has 1 aromatic carbocycles. The third kappa shape index (κ3) is 4.01. The minimum Gasteiger partial charge on any atom is -0.375 e. The lowest BCUT2D eigenvalue weighted by molar-refractivity contribution is -0.0705. The number of rotatable bonds is 3. The van der Waals surface area contributed by atoms with E-state index in [0.717, 1.165) is 38.1 Å². The maximum absolute atomic E-state index is 6.16. The molecule has 0 spiro atoms. The maximum Gasteiger partial charge on any atom is 0.200 e. The Kier molecular flexibility index (Phi) is 4.94. The second-order valence-corrected chi connectivity index (χ2v) is 10.7. The van der Waals surface area contributed by atoms with Gasteiger partial charge in [-0.1, -0.05) is 49.7 Å². The van der Waals surface area contributed by atoms with Crippen LogP contribution in [0.2, 0.25) is 5.15 Å². The Labute approximate surface area is 188 Å². The van der Waals surface area contributed by atoms with Crippen molar-refractivity contribution in [3.63, 3.8) is 0 Å². The van der Waals surface area contributed by atoms with Crippen LogP contribution < -0.4 is 0 Å². The molecule has 1 aliphatic heterocycles. The van der Waals surface area contributed by atoms with Crippen molar-refractivity contribution >= 4 is 11.6 Å². The summed E-state index contributed by atoms with van der Waals surface area (Å²) in [5.74, 6) is 1.55. The van der Waals surface area contributed by atoms with E-state index in [4.69, 9.17) is 26.4 Å². The van der Waals surface area contributed by atoms with Crippen LogP contribution in [0.1, 0.15) is 57.7 Å². The Morgan fingerprint density at radius 3 is 2.61 bits per heavy atom. The van der Waals surface area contributed by atoms with E-state index in [1.54, 1.807) is 6.07 Å². The first-order valence-electron chi connectivity index (χ1n) is 11.1. The van der Waals surface area contributed by atoms with Gasteiger partial charge in [0.15, 0.2) is 11.6 Å². The van der Waals surface area contributed by atoms with Gasteiger partial charge in [-0.25, -0.2) is 14.6 Å². The first-order valence-corrected chi connectivity index (χ1v) is 11.4. The summed E-state index contributed by atoms with van der Waals surface area (Å²) in [7, 11) is 0. The van der Waals surface area contributed by atoms with Crippen molar-refractivity contribution in [2.75, 3.05) is 6.61 Å². The number of hydrogen-bond donors (Lipinski definition) is 0. The Morgan fingerprint density at radius 2 is 1.84 bits per heavy atom. The van der Waals surface area contributed by atoms with Crippen LogP contribution in [0.4, 0.5) is 0 Å². The van der Waals surface area contributed by atoms with Gasteiger partial charge in [0.25, 0.3) is 0 Å². The summed E-state index contributed by atoms with van der Waals surface area (Å²) in [6, 6.07) is 12.4. The number of hydrogen-bond acceptors (Lipinski definition) is 4. The standard InChI is InChI=1S/C25H29ClN4O/c1-24(2)13-16-7-5-8-18(19(16)15-24)23-28-22(20-9-6-10-21(26)27-20)29-30(23)17-11-12-31-25(3,4)14-17/h5-10,17H,11-15H2,1-4H3. The number of pyridine rings is 1. The molecule has 5 rings (SSSR count). The van der Waals surface area contributed by atoms with Gasteiger partial charge in [-0.3, -0.25) is 0 Å². The zero-order valence-corrected chi connectivity index (χ0v) is 19.4. The van der Waals surface area contributed by atoms with Crippen molar-refractivity contribution in [3.8, 4) is 22.9 Å². The van der Waals surface area contributed by atoms with E-state index >= 15 is 0 Å². The van der Waals surface area contributed by atoms with E-state index in [-0.39, 0.29) is 17.1 Å². The molecule has 6 heteroatoms. The number of fused-ring (bicyclic) bond motifs is 1. The number of nitrogens with zero attached hydrogens (tertiary/aromatic N) is 4. The van der Waals surface area contributed by atoms with Crippen molar-refractivity contribution in [2.24, 2.45) is 5.41 Å². The number of aromatic nitrogens is 4. The van der Waals surface area contributed by atoms with Crippen LogP contribution in [-0.2, 0) is 17.6 Å². The highest BCUT2D eigenvalue weighted by Gasteiger charge is 2.35. The van der Waals surface area contributed by atoms with Gasteiger partial charge in [-0.05, 0) is 68.2 Å². The van der Waals surface area contributed by atoms with E-state index in [2.05, 4.69) is 55.6 Å². The van der Waals surface area contributed by atoms with E-state index < -0.39 is 0 Å². The highest BCUT2D eigenvalue weighted by Crippen LogP contribution is 2.42. The summed E-state index contributed by atoms with van der Waals surface area (Å²) in [5.41, 5.74) is 4.80. The molecule has 5 nitrogen and oxygen atoms in total. The molecule has 1 aliphatic carbocycles. The average molecular weight is 437 g/mol. The zero-order chi connectivity index (χ0) is 21.8. The number of benzene rings is 1. The molecule has 31 heavy (non-hydrogen) atoms. The van der Waals surface area contributed by atoms with Crippen molar-refractivity contribution in [2.45, 2.75) is 65.0 Å². The summed E-state index contributed by atoms with van der Waals surface area (Å²) in [6.45, 7) is 9.70. The first-order chi connectivity index (χ1) is 14.7. The van der Waals surface area contributed by atoms with Crippen LogP contribution in [0.25, 0.3) is 22.9 Å². The largest absolute Gasteiger partial charge is 0.375 e. The lowest BCUT2D eigenvalue weighted by atomic mass is 9.90. The van der Waals surface area contributed by atoms with E-state index in [1.165, 1.54) is 16.7 Å². The van der Waals surface area contributed by atoms with Crippen LogP contribution in [0.5, 0.6) is 0 Å². The predicted molar refractivity (Wildman–Crippen MR) is 123 cm³/mol. The molecule has 0 amide bonds. The van der Waals surface area contributed by atoms with E-state index in [9.17, 15) is 0 Å². The predicted octanol–water partition coefficient (Wildman–Crippen LogP) is 5.92. The Morgan fingerprint density at radius 1 is 1.03 bits per heavy atom. The SMILES string of the molecule is CC1(C)Cc2cccc(-c3nc(-c4cccc(Cl)n4)nn3C3CCOC(C)(C)C3)c2C1. The molecule has 162 valence electrons. The molecule has 0 saturated carbocycles. The fourth-order valence-electron chi connectivity index (χ4n) is 5.09. The van der Waals surface area contributed by atoms with Crippen molar-refractivity contribution in [1.29, 1.82) is 0 Å². The molecule has 2 aromatic heterocycles. The summed E-state index contributed by atoms with van der Waals surface area (Å²) in [4.78, 5) is 9.49. The zero-order valence-electron chi connectivity index (χ0n) is 18.7. The lowest BCUT2D eigenvalue weighted by Gasteiger charge is -2.35. The smallest absolute Gasteiger partial charge is 0.200 e. The van der Waals surface area contributed by atoms with Gasteiger partial charge in [0, 0.05) is 12.2 Å². The number of halogens is 1. The molecule has 0 bridgehead atoms. The Balaban J connectivity index is 1.66. The molecule has 2 aliphatic rings. The van der Waals surface area contributed by atoms with E-state index in [0.29, 0.717) is 16.7 Å². The van der Waals surface area contributed by atoms with Crippen molar-refractivity contribution in [1.82, 2.24) is 19.7 Å². The Bertz CT molecular complexity index is 1130. The topological polar surface area (TPSA) is 52.8 Å². The molecule has 0 N–H and O–H groups in total. The highest BCUT2D eigenvalue weighted by atomic mass is 35.5. The average Bonchev–Trinajstić information content (AvgIpc) is 3.26. The van der Waals surface area contributed by atoms with Crippen LogP contribution in [0.3, 0.4) is 0 Å². The van der Waals surface area contributed by atoms with Crippen molar-refractivity contribution in [3.05, 3.63) is 52.7 Å². The van der Waals surface area contributed by atoms with Crippen LogP contribution in [-0.4, -0.2) is 32.0 Å². The van der Waals surface area contributed by atoms with Crippen molar-refractivity contribution < 1.29 is 4.74 Å². The third-order valence-corrected chi connectivity index (χ3v) is 6.64. The molecular weight excluding hydrogens is 408 g/mol. The molecule has 1 atom stereocenters. The monoisotopic (exact) mass is 436 g/mol. The molecule has 1 unspecified atom stereocenters. The number of ether oxygens (including phenoxy) is 1. The van der Waals surface area contributed by atoms with Gasteiger partial charge in [-0.15, -0.1) is 5.10 Å². The summed E-state index contributed by atoms with van der Waals surface area (Å²) in [6.07, 6.45) is 3.96. The van der Waals surface area contributed by atoms with Gasteiger partial charge in [0.2, 0.25) is 0 Å². The Hall–Kier alpha value is -2.24. The quantitative estimate of drug-likeness (QED) is 0.478. The molecule has 0 radical (unpaired) electrons. The molecule has 3 aromatic rings. The second-order valence-electron chi connectivity index (χ2n) is 10.3. The normalized spacial score (nSPS) is 21.8. The summed E-state index contributed by atoms with van der Waals surface area (Å²) >= 11 is 6.16. The van der Waals surface area contributed by atoms with Crippen LogP contribution >= 0.6 is 11.6 Å². The second kappa shape index (κ2) is 7.42. The summed E-state index contributed by atoms with van der Waals surface area (Å²) in [5, 5.41) is 5.43. The molecule has 1 saturated heterocycles. The first kappa shape index (κ1) is 20.7. The minimum atomic E-state index is -0.179. The van der Waals surface area contributed by atoms with Gasteiger partial charge in [-0.2, -0.15) is 0 Å². The molecule has 1 fully saturated rings. The fraction of sp³-hybridized carbons (Fsp3) is 0.480. The molecular formula is C25H29ClN4O. The van der Waals surface area contributed by atoms with E-state index in [1.807, 2.05) is 12.1 Å². The minimum absolute atomic E-state index is 0.179. The maximum atomic E-state index is 6.16. The third-order valence-electron chi connectivity index (χ3n) is 6.43. The molecule has 3 heterocycles. The highest BCUT2D eigenvalue weighted by molar-refractivity contribution is 6.29.